The molecule has 0 spiro atoms. The first kappa shape index (κ1) is 26.8. The molecular formula is C23H19ClF3N3O5S. The van der Waals surface area contributed by atoms with Crippen LogP contribution in [0.15, 0.2) is 71.6 Å². The molecule has 0 aliphatic heterocycles. The fourth-order valence-electron chi connectivity index (χ4n) is 2.92. The number of rotatable bonds is 8. The zero-order valence-corrected chi connectivity index (χ0v) is 20.1. The average Bonchev–Trinajstić information content (AvgIpc) is 2.78. The molecule has 13 heteroatoms. The molecule has 3 N–H and O–H groups in total. The largest absolute Gasteiger partial charge is 0.482 e. The third-order valence-electron chi connectivity index (χ3n) is 4.50. The lowest BCUT2D eigenvalue weighted by Gasteiger charge is -2.13. The molecule has 3 rings (SSSR count). The van der Waals surface area contributed by atoms with Crippen LogP contribution in [-0.2, 0) is 25.8 Å². The highest BCUT2D eigenvalue weighted by molar-refractivity contribution is 7.92. The smallest absolute Gasteiger partial charge is 0.416 e. The lowest BCUT2D eigenvalue weighted by atomic mass is 10.2. The first-order valence-corrected chi connectivity index (χ1v) is 12.0. The van der Waals surface area contributed by atoms with Gasteiger partial charge in [-0.05, 0) is 60.7 Å². The van der Waals surface area contributed by atoms with E-state index >= 15 is 0 Å². The van der Waals surface area contributed by atoms with Crippen molar-refractivity contribution in [3.8, 4) is 5.75 Å². The molecule has 36 heavy (non-hydrogen) atoms. The van der Waals surface area contributed by atoms with Crippen LogP contribution in [0.4, 0.5) is 30.2 Å². The number of sulfonamides is 1. The van der Waals surface area contributed by atoms with Gasteiger partial charge in [-0.3, -0.25) is 14.3 Å². The van der Waals surface area contributed by atoms with Gasteiger partial charge in [0.15, 0.2) is 6.61 Å². The van der Waals surface area contributed by atoms with E-state index in [1.165, 1.54) is 19.1 Å². The number of carbonyl (C=O) groups is 2. The Morgan fingerprint density at radius 1 is 0.917 bits per heavy atom. The number of hydrogen-bond acceptors (Lipinski definition) is 5. The van der Waals surface area contributed by atoms with Gasteiger partial charge in [0.05, 0.1) is 15.5 Å². The van der Waals surface area contributed by atoms with Gasteiger partial charge in [-0.1, -0.05) is 17.7 Å². The van der Waals surface area contributed by atoms with Crippen LogP contribution < -0.4 is 20.1 Å². The minimum absolute atomic E-state index is 0.0193. The maximum atomic E-state index is 12.9. The van der Waals surface area contributed by atoms with Crippen LogP contribution in [0, 0.1) is 0 Å². The Kier molecular flexibility index (Phi) is 8.10. The Morgan fingerprint density at radius 3 is 2.14 bits per heavy atom. The normalized spacial score (nSPS) is 11.5. The number of ether oxygens (including phenoxy) is 1. The van der Waals surface area contributed by atoms with Gasteiger partial charge in [0.25, 0.3) is 15.9 Å². The standard InChI is InChI=1S/C23H19ClF3N3O5S/c1-14(31)28-16-5-7-17(8-6-16)29-22(32)13-35-21-10-9-19(12-20(21)24)36(33,34)30-18-4-2-3-15(11-18)23(25,26)27/h2-12,30H,13H2,1H3,(H,28,31)(H,29,32). The average molecular weight is 542 g/mol. The molecule has 0 atom stereocenters. The lowest BCUT2D eigenvalue weighted by molar-refractivity contribution is -0.137. The number of amides is 2. The molecule has 0 fully saturated rings. The summed E-state index contributed by atoms with van der Waals surface area (Å²) in [7, 11) is -4.26. The number of carbonyl (C=O) groups excluding carboxylic acids is 2. The van der Waals surface area contributed by atoms with E-state index in [0.717, 1.165) is 24.3 Å². The summed E-state index contributed by atoms with van der Waals surface area (Å²) in [6, 6.07) is 13.5. The maximum Gasteiger partial charge on any atom is 0.416 e. The number of halogens is 4. The molecule has 0 unspecified atom stereocenters. The molecule has 2 amide bonds. The topological polar surface area (TPSA) is 114 Å². The third kappa shape index (κ3) is 7.36. The molecule has 190 valence electrons. The number of benzene rings is 3. The second-order valence-electron chi connectivity index (χ2n) is 7.37. The minimum atomic E-state index is -4.63. The SMILES string of the molecule is CC(=O)Nc1ccc(NC(=O)COc2ccc(S(=O)(=O)Nc3cccc(C(F)(F)F)c3)cc2Cl)cc1. The van der Waals surface area contributed by atoms with Crippen LogP contribution in [-0.4, -0.2) is 26.8 Å². The fraction of sp³-hybridized carbons (Fsp3) is 0.130. The number of hydrogen-bond donors (Lipinski definition) is 3. The Bertz CT molecular complexity index is 1380. The van der Waals surface area contributed by atoms with Crippen LogP contribution in [0.2, 0.25) is 5.02 Å². The summed E-state index contributed by atoms with van der Waals surface area (Å²) in [5, 5.41) is 5.05. The monoisotopic (exact) mass is 541 g/mol. The minimum Gasteiger partial charge on any atom is -0.482 e. The molecule has 3 aromatic carbocycles. The van der Waals surface area contributed by atoms with Gasteiger partial charge in [-0.2, -0.15) is 13.2 Å². The molecule has 8 nitrogen and oxygen atoms in total. The van der Waals surface area contributed by atoms with Gasteiger partial charge in [0.2, 0.25) is 5.91 Å². The van der Waals surface area contributed by atoms with E-state index in [-0.39, 0.29) is 27.3 Å². The van der Waals surface area contributed by atoms with E-state index < -0.39 is 34.3 Å². The van der Waals surface area contributed by atoms with E-state index in [1.807, 2.05) is 0 Å². The van der Waals surface area contributed by atoms with Crippen molar-refractivity contribution >= 4 is 50.5 Å². The summed E-state index contributed by atoms with van der Waals surface area (Å²) in [6.07, 6.45) is -4.63. The lowest BCUT2D eigenvalue weighted by Crippen LogP contribution is -2.20. The van der Waals surface area contributed by atoms with Crippen molar-refractivity contribution in [2.45, 2.75) is 18.0 Å². The second kappa shape index (κ2) is 10.9. The molecule has 0 radical (unpaired) electrons. The van der Waals surface area contributed by atoms with Crippen molar-refractivity contribution in [1.82, 2.24) is 0 Å². The first-order valence-electron chi connectivity index (χ1n) is 10.1. The van der Waals surface area contributed by atoms with E-state index in [0.29, 0.717) is 17.4 Å². The molecule has 0 saturated carbocycles. The summed E-state index contributed by atoms with van der Waals surface area (Å²) in [6.45, 7) is 0.925. The van der Waals surface area contributed by atoms with Gasteiger partial charge in [-0.15, -0.1) is 0 Å². The highest BCUT2D eigenvalue weighted by Crippen LogP contribution is 2.32. The number of alkyl halides is 3. The highest BCUT2D eigenvalue weighted by Gasteiger charge is 2.30. The fourth-order valence-corrected chi connectivity index (χ4v) is 4.29. The van der Waals surface area contributed by atoms with Crippen molar-refractivity contribution < 1.29 is 35.9 Å². The zero-order valence-electron chi connectivity index (χ0n) is 18.5. The van der Waals surface area contributed by atoms with Gasteiger partial charge in [-0.25, -0.2) is 8.42 Å². The van der Waals surface area contributed by atoms with Crippen LogP contribution in [0.25, 0.3) is 0 Å². The molecule has 3 aromatic rings. The van der Waals surface area contributed by atoms with E-state index in [2.05, 4.69) is 15.4 Å². The highest BCUT2D eigenvalue weighted by atomic mass is 35.5. The van der Waals surface area contributed by atoms with E-state index in [1.54, 1.807) is 24.3 Å². The van der Waals surface area contributed by atoms with Gasteiger partial charge < -0.3 is 15.4 Å². The molecular weight excluding hydrogens is 523 g/mol. The van der Waals surface area contributed by atoms with Crippen molar-refractivity contribution in [1.29, 1.82) is 0 Å². The summed E-state index contributed by atoms with van der Waals surface area (Å²) in [5.41, 5.74) is -0.276. The number of nitrogens with one attached hydrogen (secondary N) is 3. The zero-order chi connectivity index (χ0) is 26.5. The Labute approximate surface area is 209 Å². The predicted molar refractivity (Wildman–Crippen MR) is 129 cm³/mol. The molecule has 0 aliphatic rings. The number of anilines is 3. The third-order valence-corrected chi connectivity index (χ3v) is 6.18. The van der Waals surface area contributed by atoms with Crippen molar-refractivity contribution in [3.05, 3.63) is 77.3 Å². The van der Waals surface area contributed by atoms with Crippen molar-refractivity contribution in [3.63, 3.8) is 0 Å². The van der Waals surface area contributed by atoms with Crippen LogP contribution >= 0.6 is 11.6 Å². The van der Waals surface area contributed by atoms with Crippen molar-refractivity contribution in [2.24, 2.45) is 0 Å². The van der Waals surface area contributed by atoms with Gasteiger partial charge >= 0.3 is 6.18 Å². The molecule has 0 saturated heterocycles. The Hall–Kier alpha value is -3.77. The van der Waals surface area contributed by atoms with Crippen LogP contribution in [0.3, 0.4) is 0 Å². The second-order valence-corrected chi connectivity index (χ2v) is 9.46. The van der Waals surface area contributed by atoms with Crippen LogP contribution in [0.5, 0.6) is 5.75 Å². The summed E-state index contributed by atoms with van der Waals surface area (Å²) in [5.74, 6) is -0.741. The Morgan fingerprint density at radius 2 is 1.56 bits per heavy atom. The van der Waals surface area contributed by atoms with E-state index in [4.69, 9.17) is 16.3 Å². The van der Waals surface area contributed by atoms with Gasteiger partial charge in [0.1, 0.15) is 5.75 Å². The maximum absolute atomic E-state index is 12.9. The summed E-state index contributed by atoms with van der Waals surface area (Å²) < 4.78 is 71.3. The van der Waals surface area contributed by atoms with Gasteiger partial charge in [0, 0.05) is 24.0 Å². The van der Waals surface area contributed by atoms with E-state index in [9.17, 15) is 31.2 Å². The quantitative estimate of drug-likeness (QED) is 0.366. The van der Waals surface area contributed by atoms with Crippen LogP contribution in [0.1, 0.15) is 12.5 Å². The molecule has 0 heterocycles. The Balaban J connectivity index is 1.62. The molecule has 0 aromatic heterocycles. The predicted octanol–water partition coefficient (Wildman–Crippen LogP) is 5.14. The summed E-state index contributed by atoms with van der Waals surface area (Å²) >= 11 is 6.09. The first-order chi connectivity index (χ1) is 16.8. The molecule has 0 aliphatic carbocycles. The summed E-state index contributed by atoms with van der Waals surface area (Å²) in [4.78, 5) is 22.9. The van der Waals surface area contributed by atoms with Crippen molar-refractivity contribution in [2.75, 3.05) is 22.0 Å². The molecule has 0 bridgehead atoms.